The maximum Gasteiger partial charge on any atom is 0.410 e. The SMILES string of the molecule is O=C(O)NC1=NSc2ccccc2C=C1. The van der Waals surface area contributed by atoms with E-state index in [9.17, 15) is 4.79 Å². The average molecular weight is 220 g/mol. The Balaban J connectivity index is 2.25. The second kappa shape index (κ2) is 4.18. The van der Waals surface area contributed by atoms with Crippen LogP contribution in [0, 0.1) is 0 Å². The first-order valence-electron chi connectivity index (χ1n) is 4.28. The summed E-state index contributed by atoms with van der Waals surface area (Å²) in [4.78, 5) is 11.4. The predicted octanol–water partition coefficient (Wildman–Crippen LogP) is 2.39. The van der Waals surface area contributed by atoms with E-state index >= 15 is 0 Å². The third-order valence-corrected chi connectivity index (χ3v) is 2.67. The van der Waals surface area contributed by atoms with E-state index in [1.54, 1.807) is 6.08 Å². The number of amidine groups is 1. The molecule has 0 atom stereocenters. The quantitative estimate of drug-likeness (QED) is 0.660. The summed E-state index contributed by atoms with van der Waals surface area (Å²) in [5.74, 6) is 0.337. The molecule has 0 spiro atoms. The lowest BCUT2D eigenvalue weighted by Crippen LogP contribution is -2.26. The fourth-order valence-corrected chi connectivity index (χ4v) is 1.86. The highest BCUT2D eigenvalue weighted by molar-refractivity contribution is 7.98. The minimum atomic E-state index is -1.11. The maximum absolute atomic E-state index is 10.4. The van der Waals surface area contributed by atoms with E-state index in [0.29, 0.717) is 5.84 Å². The van der Waals surface area contributed by atoms with Crippen molar-refractivity contribution in [1.29, 1.82) is 0 Å². The molecule has 2 N–H and O–H groups in total. The van der Waals surface area contributed by atoms with Crippen molar-refractivity contribution in [2.24, 2.45) is 4.40 Å². The zero-order valence-corrected chi connectivity index (χ0v) is 8.49. The summed E-state index contributed by atoms with van der Waals surface area (Å²) in [6.45, 7) is 0. The van der Waals surface area contributed by atoms with Crippen LogP contribution in [0.1, 0.15) is 5.56 Å². The number of hydrogen-bond acceptors (Lipinski definition) is 3. The third kappa shape index (κ3) is 2.38. The second-order valence-electron chi connectivity index (χ2n) is 2.87. The van der Waals surface area contributed by atoms with Gasteiger partial charge < -0.3 is 5.11 Å². The molecule has 0 fully saturated rings. The van der Waals surface area contributed by atoms with Crippen LogP contribution in [0.3, 0.4) is 0 Å². The number of rotatable bonds is 0. The topological polar surface area (TPSA) is 61.7 Å². The lowest BCUT2D eigenvalue weighted by atomic mass is 10.2. The molecule has 0 aliphatic carbocycles. The highest BCUT2D eigenvalue weighted by Crippen LogP contribution is 2.26. The van der Waals surface area contributed by atoms with E-state index in [4.69, 9.17) is 5.11 Å². The number of benzene rings is 1. The Morgan fingerprint density at radius 1 is 1.33 bits per heavy atom. The van der Waals surface area contributed by atoms with Gasteiger partial charge in [0.2, 0.25) is 0 Å². The van der Waals surface area contributed by atoms with Gasteiger partial charge in [-0.25, -0.2) is 4.79 Å². The van der Waals surface area contributed by atoms with Gasteiger partial charge >= 0.3 is 6.09 Å². The van der Waals surface area contributed by atoms with Crippen LogP contribution in [0.25, 0.3) is 6.08 Å². The molecule has 0 bridgehead atoms. The summed E-state index contributed by atoms with van der Waals surface area (Å²) in [5, 5.41) is 10.8. The standard InChI is InChI=1S/C10H8N2O2S/c13-10(14)11-9-6-5-7-3-1-2-4-8(7)15-12-9/h1-6H,(H,11,12)(H,13,14). The monoisotopic (exact) mass is 220 g/mol. The van der Waals surface area contributed by atoms with Crippen molar-refractivity contribution >= 4 is 30.0 Å². The molecule has 1 heterocycles. The van der Waals surface area contributed by atoms with Crippen LogP contribution in [-0.4, -0.2) is 17.0 Å². The van der Waals surface area contributed by atoms with E-state index in [1.165, 1.54) is 11.9 Å². The van der Waals surface area contributed by atoms with E-state index < -0.39 is 6.09 Å². The zero-order chi connectivity index (χ0) is 10.7. The molecular weight excluding hydrogens is 212 g/mol. The van der Waals surface area contributed by atoms with Crippen molar-refractivity contribution in [3.05, 3.63) is 35.9 Å². The molecule has 76 valence electrons. The first kappa shape index (κ1) is 9.79. The predicted molar refractivity (Wildman–Crippen MR) is 59.9 cm³/mol. The molecule has 0 saturated heterocycles. The number of amides is 1. The lowest BCUT2D eigenvalue weighted by Gasteiger charge is -1.98. The van der Waals surface area contributed by atoms with Crippen molar-refractivity contribution in [3.63, 3.8) is 0 Å². The molecule has 2 rings (SSSR count). The van der Waals surface area contributed by atoms with Gasteiger partial charge in [0, 0.05) is 16.8 Å². The van der Waals surface area contributed by atoms with Crippen LogP contribution in [0.2, 0.25) is 0 Å². The van der Waals surface area contributed by atoms with Gasteiger partial charge in [0.05, 0.1) is 0 Å². The Labute approximate surface area is 90.9 Å². The highest BCUT2D eigenvalue weighted by Gasteiger charge is 2.06. The van der Waals surface area contributed by atoms with Crippen molar-refractivity contribution in [2.45, 2.75) is 4.90 Å². The minimum absolute atomic E-state index is 0.337. The number of hydrogen-bond donors (Lipinski definition) is 2. The molecule has 1 aliphatic heterocycles. The van der Waals surface area contributed by atoms with Crippen LogP contribution < -0.4 is 5.32 Å². The second-order valence-corrected chi connectivity index (χ2v) is 3.67. The van der Waals surface area contributed by atoms with E-state index in [-0.39, 0.29) is 0 Å². The fraction of sp³-hybridized carbons (Fsp3) is 0. The lowest BCUT2D eigenvalue weighted by molar-refractivity contribution is 0.200. The van der Waals surface area contributed by atoms with E-state index in [2.05, 4.69) is 9.71 Å². The van der Waals surface area contributed by atoms with Gasteiger partial charge in [0.15, 0.2) is 0 Å². The third-order valence-electron chi connectivity index (χ3n) is 1.82. The van der Waals surface area contributed by atoms with Crippen molar-refractivity contribution in [1.82, 2.24) is 5.32 Å². The fourth-order valence-electron chi connectivity index (χ4n) is 1.17. The molecule has 0 radical (unpaired) electrons. The Morgan fingerprint density at radius 2 is 2.13 bits per heavy atom. The average Bonchev–Trinajstić information content (AvgIpc) is 2.41. The van der Waals surface area contributed by atoms with Gasteiger partial charge in [-0.3, -0.25) is 5.32 Å². The summed E-state index contributed by atoms with van der Waals surface area (Å²) in [7, 11) is 0. The van der Waals surface area contributed by atoms with Crippen LogP contribution in [0.15, 0.2) is 39.6 Å². The van der Waals surface area contributed by atoms with Crippen LogP contribution in [-0.2, 0) is 0 Å². The smallest absolute Gasteiger partial charge is 0.410 e. The van der Waals surface area contributed by atoms with Gasteiger partial charge in [-0.15, -0.1) is 0 Å². The number of nitrogens with zero attached hydrogens (tertiary/aromatic N) is 1. The summed E-state index contributed by atoms with van der Waals surface area (Å²) in [6.07, 6.45) is 2.38. The summed E-state index contributed by atoms with van der Waals surface area (Å²) >= 11 is 1.26. The number of fused-ring (bicyclic) bond motifs is 1. The minimum Gasteiger partial charge on any atom is -0.465 e. The Bertz CT molecular complexity index is 454. The number of nitrogens with one attached hydrogen (secondary N) is 1. The Morgan fingerprint density at radius 3 is 2.93 bits per heavy atom. The first-order valence-corrected chi connectivity index (χ1v) is 5.05. The van der Waals surface area contributed by atoms with Gasteiger partial charge in [0.1, 0.15) is 5.84 Å². The molecule has 5 heteroatoms. The first-order chi connectivity index (χ1) is 7.25. The van der Waals surface area contributed by atoms with E-state index in [1.807, 2.05) is 30.3 Å². The van der Waals surface area contributed by atoms with E-state index in [0.717, 1.165) is 10.5 Å². The van der Waals surface area contributed by atoms with Gasteiger partial charge in [-0.2, -0.15) is 4.40 Å². The molecule has 15 heavy (non-hydrogen) atoms. The molecule has 0 aromatic heterocycles. The van der Waals surface area contributed by atoms with Gasteiger partial charge in [0.25, 0.3) is 0 Å². The maximum atomic E-state index is 10.4. The van der Waals surface area contributed by atoms with Crippen molar-refractivity contribution < 1.29 is 9.90 Å². The molecule has 1 aromatic rings. The van der Waals surface area contributed by atoms with Crippen LogP contribution in [0.4, 0.5) is 4.79 Å². The largest absolute Gasteiger partial charge is 0.465 e. The van der Waals surface area contributed by atoms with Gasteiger partial charge in [-0.05, 0) is 17.7 Å². The van der Waals surface area contributed by atoms with Crippen molar-refractivity contribution in [3.8, 4) is 0 Å². The number of carboxylic acid groups (broad SMARTS) is 1. The molecule has 4 nitrogen and oxygen atoms in total. The molecule has 1 aliphatic rings. The zero-order valence-electron chi connectivity index (χ0n) is 7.68. The number of carbonyl (C=O) groups is 1. The molecule has 0 saturated carbocycles. The van der Waals surface area contributed by atoms with Crippen LogP contribution in [0.5, 0.6) is 0 Å². The molecule has 1 aromatic carbocycles. The Kier molecular flexibility index (Phi) is 2.73. The molecule has 0 unspecified atom stereocenters. The molecule has 1 amide bonds. The van der Waals surface area contributed by atoms with Crippen molar-refractivity contribution in [2.75, 3.05) is 0 Å². The Hall–Kier alpha value is -1.75. The van der Waals surface area contributed by atoms with Gasteiger partial charge in [-0.1, -0.05) is 24.3 Å². The van der Waals surface area contributed by atoms with Crippen LogP contribution >= 0.6 is 11.9 Å². The summed E-state index contributed by atoms with van der Waals surface area (Å²) in [5.41, 5.74) is 1.04. The molecular formula is C10H8N2O2S. The highest BCUT2D eigenvalue weighted by atomic mass is 32.2. The summed E-state index contributed by atoms with van der Waals surface area (Å²) < 4.78 is 4.06. The normalized spacial score (nSPS) is 13.7. The summed E-state index contributed by atoms with van der Waals surface area (Å²) in [6, 6.07) is 7.75.